The summed E-state index contributed by atoms with van der Waals surface area (Å²) >= 11 is 3.32. The maximum Gasteiger partial charge on any atom is 0.235 e. The summed E-state index contributed by atoms with van der Waals surface area (Å²) in [7, 11) is 0. The van der Waals surface area contributed by atoms with Crippen LogP contribution < -0.4 is 17.2 Å². The maximum absolute atomic E-state index is 10.5. The van der Waals surface area contributed by atoms with Crippen LogP contribution in [0.2, 0.25) is 0 Å². The summed E-state index contributed by atoms with van der Waals surface area (Å²) in [5, 5.41) is 11.3. The van der Waals surface area contributed by atoms with Crippen LogP contribution in [0, 0.1) is 155 Å². The molecular weight excluding hydrogens is 2010 g/mol. The minimum Gasteiger partial charge on any atom is -0.384 e. The van der Waals surface area contributed by atoms with E-state index in [0.29, 0.717) is 23.9 Å². The van der Waals surface area contributed by atoms with Gasteiger partial charge in [-0.25, -0.2) is 39.7 Å². The van der Waals surface area contributed by atoms with Gasteiger partial charge in [0.25, 0.3) is 0 Å². The van der Waals surface area contributed by atoms with Gasteiger partial charge in [-0.1, -0.05) is 156 Å². The summed E-state index contributed by atoms with van der Waals surface area (Å²) in [6.45, 7) is 51.9. The number of nitrogens with zero attached hydrogens (tertiary/aromatic N) is 14. The molecule has 0 saturated heterocycles. The first-order chi connectivity index (χ1) is 68.0. The molecule has 0 aliphatic rings. The van der Waals surface area contributed by atoms with Gasteiger partial charge in [-0.15, -0.1) is 5.92 Å². The third kappa shape index (κ3) is 34.3. The Hall–Kier alpha value is -12.6. The molecule has 0 fully saturated rings. The largest absolute Gasteiger partial charge is 0.384 e. The van der Waals surface area contributed by atoms with Gasteiger partial charge in [-0.3, -0.25) is 10.1 Å². The van der Waals surface area contributed by atoms with Crippen molar-refractivity contribution >= 4 is 39.3 Å². The van der Waals surface area contributed by atoms with Crippen LogP contribution in [0.5, 0.6) is 0 Å². The second kappa shape index (κ2) is 55.7. The molecule has 145 heavy (non-hydrogen) atoms. The van der Waals surface area contributed by atoms with E-state index in [2.05, 4.69) is 383 Å². The first-order valence-electron chi connectivity index (χ1n) is 48.8. The average Bonchev–Trinajstić information content (AvgIpc) is 1.72. The molecular formula is C123H141BrN17O2Y2-. The fourth-order valence-electron chi connectivity index (χ4n) is 18.3. The molecule has 5 aromatic carbocycles. The van der Waals surface area contributed by atoms with Gasteiger partial charge >= 0.3 is 0 Å². The second-order valence-corrected chi connectivity index (χ2v) is 38.3. The predicted molar refractivity (Wildman–Crippen MR) is 596 cm³/mol. The molecule has 0 saturated carbocycles. The summed E-state index contributed by atoms with van der Waals surface area (Å²) in [6.07, 6.45) is 11.3. The first-order valence-corrected chi connectivity index (χ1v) is 49.9. The number of aromatic nitrogens is 12. The molecule has 744 valence electrons. The number of pyridine rings is 7. The van der Waals surface area contributed by atoms with E-state index < -0.39 is 4.92 Å². The number of anilines is 2. The maximum atomic E-state index is 10.5. The molecule has 2 radical (unpaired) electrons. The van der Waals surface area contributed by atoms with E-state index in [1.165, 1.54) is 124 Å². The van der Waals surface area contributed by atoms with Gasteiger partial charge in [-0.2, -0.15) is 0 Å². The molecule has 0 aliphatic carbocycles. The van der Waals surface area contributed by atoms with Crippen molar-refractivity contribution in [3.63, 3.8) is 0 Å². The van der Waals surface area contributed by atoms with Crippen molar-refractivity contribution in [1.82, 2.24) is 57.7 Å². The number of aryl methyl sites for hydroxylation is 27. The summed E-state index contributed by atoms with van der Waals surface area (Å²) in [5.41, 5.74) is 57.4. The number of hydrogen-bond acceptors (Lipinski definition) is 12. The van der Waals surface area contributed by atoms with Crippen molar-refractivity contribution in [3.05, 3.63) is 487 Å². The van der Waals surface area contributed by atoms with Gasteiger partial charge in [0.15, 0.2) is 5.69 Å². The molecule has 0 bridgehead atoms. The molecule has 12 aromatic heterocycles. The number of hydrogen-bond donors (Lipinski definition) is 3. The first kappa shape index (κ1) is 116. The van der Waals surface area contributed by atoms with E-state index in [9.17, 15) is 10.1 Å². The normalized spacial score (nSPS) is 11.2. The van der Waals surface area contributed by atoms with Crippen molar-refractivity contribution < 1.29 is 70.3 Å². The van der Waals surface area contributed by atoms with Crippen LogP contribution in [-0.4, -0.2) is 69.2 Å². The zero-order valence-corrected chi connectivity index (χ0v) is 94.5. The molecule has 0 amide bonds. The van der Waals surface area contributed by atoms with Crippen LogP contribution >= 0.6 is 15.9 Å². The van der Waals surface area contributed by atoms with Gasteiger partial charge in [0.2, 0.25) is 6.20 Å². The number of alkyl halides is 1. The molecule has 2 unspecified atom stereocenters. The molecule has 19 nitrogen and oxygen atoms in total. The van der Waals surface area contributed by atoms with E-state index in [1.54, 1.807) is 6.07 Å². The molecule has 0 aliphatic heterocycles. The van der Waals surface area contributed by atoms with Crippen LogP contribution in [-0.2, 0) is 135 Å². The number of benzene rings is 5. The number of nitro groups is 1. The molecule has 12 heterocycles. The zero-order valence-electron chi connectivity index (χ0n) is 87.2. The van der Waals surface area contributed by atoms with Crippen molar-refractivity contribution in [2.75, 3.05) is 18.0 Å². The fourth-order valence-corrected chi connectivity index (χ4v) is 18.7. The average molecular weight is 2150 g/mol. The van der Waals surface area contributed by atoms with E-state index in [0.717, 1.165) is 173 Å². The third-order valence-corrected chi connectivity index (χ3v) is 25.7. The van der Waals surface area contributed by atoms with Crippen molar-refractivity contribution in [2.24, 2.45) is 5.73 Å². The van der Waals surface area contributed by atoms with Gasteiger partial charge in [-0.05, 0) is 426 Å². The Balaban J connectivity index is 0.000000200. The summed E-state index contributed by atoms with van der Waals surface area (Å²) in [5.74, 6) is 6.47. The van der Waals surface area contributed by atoms with Gasteiger partial charge in [0, 0.05) is 180 Å². The Labute approximate surface area is 919 Å². The molecule has 6 N–H and O–H groups in total. The summed E-state index contributed by atoms with van der Waals surface area (Å²) < 4.78 is 11.0. The van der Waals surface area contributed by atoms with Crippen molar-refractivity contribution in [3.8, 4) is 29.1 Å². The molecule has 22 heteroatoms. The van der Waals surface area contributed by atoms with Gasteiger partial charge in [0.05, 0.1) is 11.5 Å². The van der Waals surface area contributed by atoms with Crippen molar-refractivity contribution in [2.45, 2.75) is 220 Å². The van der Waals surface area contributed by atoms with E-state index in [1.807, 2.05) is 75.4 Å². The van der Waals surface area contributed by atoms with Crippen LogP contribution in [0.3, 0.4) is 0 Å². The van der Waals surface area contributed by atoms with Crippen molar-refractivity contribution in [1.29, 1.82) is 0 Å². The van der Waals surface area contributed by atoms with Crippen LogP contribution in [0.15, 0.2) is 273 Å². The van der Waals surface area contributed by atoms with E-state index in [-0.39, 0.29) is 84.7 Å². The third-order valence-electron chi connectivity index (χ3n) is 25.0. The Morgan fingerprint density at radius 3 is 1.03 bits per heavy atom. The van der Waals surface area contributed by atoms with Crippen LogP contribution in [0.1, 0.15) is 205 Å². The summed E-state index contributed by atoms with van der Waals surface area (Å²) in [6, 6.07) is 92.4. The minimum absolute atomic E-state index is 0. The van der Waals surface area contributed by atoms with Gasteiger partial charge < -0.3 is 47.0 Å². The van der Waals surface area contributed by atoms with E-state index >= 15 is 0 Å². The van der Waals surface area contributed by atoms with E-state index in [4.69, 9.17) is 43.7 Å². The minimum atomic E-state index is -0.448. The predicted octanol–water partition coefficient (Wildman–Crippen LogP) is 27.8. The quantitative estimate of drug-likeness (QED) is 0.0188. The molecule has 2 atom stereocenters. The van der Waals surface area contributed by atoms with Crippen LogP contribution in [0.25, 0.3) is 40.0 Å². The zero-order chi connectivity index (χ0) is 102. The smallest absolute Gasteiger partial charge is 0.235 e. The Morgan fingerprint density at radius 2 is 0.662 bits per heavy atom. The Morgan fingerprint density at radius 1 is 0.352 bits per heavy atom. The van der Waals surface area contributed by atoms with Crippen LogP contribution in [0.4, 0.5) is 17.3 Å². The fraction of sp³-hybridized carbons (Fsp3) is 0.276. The number of halogens is 1. The molecule has 17 aromatic rings. The number of nitrogens with two attached hydrogens (primary N) is 3. The second-order valence-electron chi connectivity index (χ2n) is 37.8. The Bertz CT molecular complexity index is 7130. The standard InChI is InChI=1S/C35H39N4.C23H29N5.C22H23N3O2.C21H24N2.C13H16N2.C8H6BrN.CH4.2Y/c1-23-17-32(36-34(19-23)38-26(4)11-12-27(38)5)16-15-30-9-8-10-31(22-30)25(3)21-33-18-24(2)20-35(37-33)39-28(6)13-14-29(39)7;1-15-8-20(27-22(25)10-15)7-6-17-4-3-5-18(12-17)19(14-24)13-21-9-16(2)11-23(26)28-21;1-16-13-21(23-22(14-16)25-17(2)7-8-18(25)3)10-9-19-5-4-6-20(15-19)11-12-24(26)27;1-15-6-5-7-19(12-15)10-11-20-13-16(2)14-21(22-20)23-17(3)8-9-18(23)4;1-9-7-10(2)14-13(8-9)15-11(3)5-6-12(15)4;1-10-8-4-2-3-7(5-8)6-9;;;/h8-14,17-20,22,25H,3,15-16,21H2,1-2,4-7H3;3-5,8-12,19H,6-7,13-14,24H2,1-2H3,(H2,25,27)(H2,26,28);4-8,11-15H,9-10H2,1-3H3;5-9,12-14H,10-11H2,1-4H3;5-8H,1-4H3;2-5H,6H2;1H4;;/q-1;;;;;;;;/b;;12-11+;;;;;;. The number of nitrogen functional groups attached to an aromatic ring is 2. The molecule has 0 spiro atoms. The number of rotatable bonds is 27. The SMILES string of the molecule is C.Cc1cc(C)nc(-n2c(C)ccc2C)c1.Cc1cc(CCc2cccc(/C=C/[N+](=O)[O-])c2)nc(-n2c(C)ccc2C)c1.Cc1cc(N)nc(CCc2cccc(C(CN)Cc3cc(C)cc(N)n3)c2)c1.Cc1cccc(CCc2cc(C)cc(-n3c(C)ccc3C)n2)c1.[C-]#[N+]c1cccc(CBr)c1.[CH2-]C(Cc1cc(C)cc(-n2c(C)ccc2C)n1)c1cccc(CCc2cc(C)cc(-n3c(C)ccc3C)n2)c1.[Y].[Y]. The summed E-state index contributed by atoms with van der Waals surface area (Å²) in [4.78, 5) is 46.6. The van der Waals surface area contributed by atoms with Gasteiger partial charge in [0.1, 0.15) is 40.7 Å². The Kier molecular flexibility index (Phi) is 44.5. The molecule has 17 rings (SSSR count). The monoisotopic (exact) mass is 2140 g/mol. The topological polar surface area (TPSA) is 240 Å².